The Kier molecular flexibility index (Phi) is 12.9. The number of carbonyl (C=O) groups excluding carboxylic acids is 1. The number of methoxy groups -OCH3 is 1. The van der Waals surface area contributed by atoms with Gasteiger partial charge >= 0.3 is 5.97 Å². The zero-order chi connectivity index (χ0) is 19.9. The minimum absolute atomic E-state index is 0.155. The van der Waals surface area contributed by atoms with E-state index in [2.05, 4.69) is 26.8 Å². The minimum Gasteiger partial charge on any atom is -0.456 e. The zero-order valence-electron chi connectivity index (χ0n) is 18.0. The topological polar surface area (TPSA) is 35.5 Å². The van der Waals surface area contributed by atoms with E-state index in [-0.39, 0.29) is 12.1 Å². The van der Waals surface area contributed by atoms with Gasteiger partial charge in [-0.2, -0.15) is 0 Å². The van der Waals surface area contributed by atoms with Gasteiger partial charge in [0, 0.05) is 7.11 Å². The molecule has 1 rings (SSSR count). The van der Waals surface area contributed by atoms with Gasteiger partial charge in [-0.05, 0) is 61.8 Å². The molecule has 154 valence electrons. The Labute approximate surface area is 166 Å². The highest BCUT2D eigenvalue weighted by Crippen LogP contribution is 2.18. The van der Waals surface area contributed by atoms with Crippen LogP contribution in [0.4, 0.5) is 0 Å². The maximum atomic E-state index is 12.8. The van der Waals surface area contributed by atoms with Gasteiger partial charge < -0.3 is 9.47 Å². The molecule has 1 aromatic carbocycles. The molecular weight excluding hydrogens is 336 g/mol. The van der Waals surface area contributed by atoms with E-state index in [1.165, 1.54) is 30.4 Å². The summed E-state index contributed by atoms with van der Waals surface area (Å²) in [6.45, 7) is 7.07. The predicted molar refractivity (Wildman–Crippen MR) is 114 cm³/mol. The molecule has 1 atom stereocenters. The molecule has 1 unspecified atom stereocenters. The summed E-state index contributed by atoms with van der Waals surface area (Å²) in [6, 6.07) is 6.31. The molecule has 0 bridgehead atoms. The van der Waals surface area contributed by atoms with Crippen LogP contribution in [0.3, 0.4) is 0 Å². The molecule has 0 radical (unpaired) electrons. The Hall–Kier alpha value is -1.35. The van der Waals surface area contributed by atoms with Crippen molar-refractivity contribution in [3.05, 3.63) is 34.9 Å². The van der Waals surface area contributed by atoms with Crippen molar-refractivity contribution in [3.63, 3.8) is 0 Å². The van der Waals surface area contributed by atoms with Crippen molar-refractivity contribution in [3.8, 4) is 0 Å². The van der Waals surface area contributed by atoms with E-state index < -0.39 is 0 Å². The first kappa shape index (κ1) is 23.7. The average Bonchev–Trinajstić information content (AvgIpc) is 2.68. The third kappa shape index (κ3) is 9.95. The second-order valence-corrected chi connectivity index (χ2v) is 7.58. The van der Waals surface area contributed by atoms with E-state index in [9.17, 15) is 4.79 Å². The summed E-state index contributed by atoms with van der Waals surface area (Å²) in [5.74, 6) is -0.205. The summed E-state index contributed by atoms with van der Waals surface area (Å²) in [5.41, 5.74) is 3.21. The van der Waals surface area contributed by atoms with Gasteiger partial charge in [-0.15, -0.1) is 0 Å². The van der Waals surface area contributed by atoms with Crippen molar-refractivity contribution in [2.75, 3.05) is 13.7 Å². The maximum Gasteiger partial charge on any atom is 0.338 e. The van der Waals surface area contributed by atoms with Crippen LogP contribution in [0.5, 0.6) is 0 Å². The van der Waals surface area contributed by atoms with Gasteiger partial charge in [-0.1, -0.05) is 58.9 Å². The number of aryl methyl sites for hydroxylation is 2. The van der Waals surface area contributed by atoms with E-state index in [4.69, 9.17) is 9.47 Å². The van der Waals surface area contributed by atoms with E-state index in [1.807, 2.05) is 12.1 Å². The van der Waals surface area contributed by atoms with E-state index >= 15 is 0 Å². The molecule has 0 amide bonds. The molecule has 1 aromatic rings. The number of carbonyl (C=O) groups is 1. The number of ether oxygens (including phenoxy) is 2. The van der Waals surface area contributed by atoms with Crippen LogP contribution < -0.4 is 0 Å². The van der Waals surface area contributed by atoms with E-state index in [1.54, 1.807) is 7.11 Å². The van der Waals surface area contributed by atoms with Crippen LogP contribution in [0, 0.1) is 0 Å². The molecule has 0 spiro atoms. The van der Waals surface area contributed by atoms with Crippen LogP contribution >= 0.6 is 0 Å². The lowest BCUT2D eigenvalue weighted by atomic mass is 9.98. The van der Waals surface area contributed by atoms with Gasteiger partial charge in [0.15, 0.2) is 0 Å². The fourth-order valence-electron chi connectivity index (χ4n) is 3.31. The lowest BCUT2D eigenvalue weighted by molar-refractivity contribution is 0.00236. The van der Waals surface area contributed by atoms with E-state index in [0.717, 1.165) is 51.4 Å². The summed E-state index contributed by atoms with van der Waals surface area (Å²) in [7, 11) is 1.67. The molecule has 0 saturated carbocycles. The number of hydrogen-bond donors (Lipinski definition) is 0. The monoisotopic (exact) mass is 376 g/mol. The fraction of sp³-hybridized carbons (Fsp3) is 0.708. The highest BCUT2D eigenvalue weighted by Gasteiger charge is 2.17. The first-order valence-electron chi connectivity index (χ1n) is 11.0. The van der Waals surface area contributed by atoms with Crippen LogP contribution in [0.15, 0.2) is 18.2 Å². The standard InChI is InChI=1S/C24H40O3/c1-5-8-11-12-15-23(19-26-4)27-24(25)22-17-20(13-9-6-2)16-21(18-22)14-10-7-3/h16-18,23H,5-15,19H2,1-4H3. The zero-order valence-corrected chi connectivity index (χ0v) is 18.0. The fourth-order valence-corrected chi connectivity index (χ4v) is 3.31. The average molecular weight is 377 g/mol. The number of benzene rings is 1. The highest BCUT2D eigenvalue weighted by molar-refractivity contribution is 5.90. The molecule has 0 aliphatic rings. The van der Waals surface area contributed by atoms with Crippen molar-refractivity contribution < 1.29 is 14.3 Å². The van der Waals surface area contributed by atoms with Crippen molar-refractivity contribution in [1.29, 1.82) is 0 Å². The molecule has 0 N–H and O–H groups in total. The molecule has 0 aliphatic heterocycles. The molecule has 0 saturated heterocycles. The quantitative estimate of drug-likeness (QED) is 0.258. The summed E-state index contributed by atoms with van der Waals surface area (Å²) < 4.78 is 11.1. The molecule has 27 heavy (non-hydrogen) atoms. The van der Waals surface area contributed by atoms with E-state index in [0.29, 0.717) is 12.2 Å². The molecule has 0 aliphatic carbocycles. The van der Waals surface area contributed by atoms with Gasteiger partial charge in [-0.25, -0.2) is 4.79 Å². The van der Waals surface area contributed by atoms with Crippen LogP contribution in [0.2, 0.25) is 0 Å². The Morgan fingerprint density at radius 2 is 1.44 bits per heavy atom. The van der Waals surface area contributed by atoms with Crippen molar-refractivity contribution >= 4 is 5.97 Å². The van der Waals surface area contributed by atoms with Crippen molar-refractivity contribution in [1.82, 2.24) is 0 Å². The smallest absolute Gasteiger partial charge is 0.338 e. The van der Waals surface area contributed by atoms with Crippen LogP contribution in [0.25, 0.3) is 0 Å². The summed E-state index contributed by atoms with van der Waals surface area (Å²) in [5, 5.41) is 0. The first-order valence-corrected chi connectivity index (χ1v) is 11.0. The summed E-state index contributed by atoms with van der Waals surface area (Å²) >= 11 is 0. The first-order chi connectivity index (χ1) is 13.1. The predicted octanol–water partition coefficient (Wildman–Crippen LogP) is 6.51. The van der Waals surface area contributed by atoms with Gasteiger partial charge in [0.2, 0.25) is 0 Å². The molecular formula is C24H40O3. The van der Waals surface area contributed by atoms with Gasteiger partial charge in [0.05, 0.1) is 12.2 Å². The van der Waals surface area contributed by atoms with Crippen molar-refractivity contribution in [2.45, 2.75) is 97.5 Å². The van der Waals surface area contributed by atoms with Crippen LogP contribution in [-0.2, 0) is 22.3 Å². The second-order valence-electron chi connectivity index (χ2n) is 7.58. The normalized spacial score (nSPS) is 12.1. The van der Waals surface area contributed by atoms with Gasteiger partial charge in [0.1, 0.15) is 6.10 Å². The number of rotatable bonds is 15. The van der Waals surface area contributed by atoms with Crippen molar-refractivity contribution in [2.24, 2.45) is 0 Å². The lowest BCUT2D eigenvalue weighted by Gasteiger charge is -2.18. The molecule has 3 nitrogen and oxygen atoms in total. The second kappa shape index (κ2) is 14.7. The number of esters is 1. The Balaban J connectivity index is 2.80. The molecule has 0 heterocycles. The maximum absolute atomic E-state index is 12.8. The third-order valence-corrected chi connectivity index (χ3v) is 4.93. The SMILES string of the molecule is CCCCCCC(COC)OC(=O)c1cc(CCCC)cc(CCCC)c1. The Morgan fingerprint density at radius 3 is 1.96 bits per heavy atom. The summed E-state index contributed by atoms with van der Waals surface area (Å²) in [6.07, 6.45) is 12.1. The van der Waals surface area contributed by atoms with Crippen LogP contribution in [-0.4, -0.2) is 25.8 Å². The lowest BCUT2D eigenvalue weighted by Crippen LogP contribution is -2.23. The van der Waals surface area contributed by atoms with Gasteiger partial charge in [0.25, 0.3) is 0 Å². The minimum atomic E-state index is -0.205. The molecule has 0 fully saturated rings. The van der Waals surface area contributed by atoms with Gasteiger partial charge in [-0.3, -0.25) is 0 Å². The summed E-state index contributed by atoms with van der Waals surface area (Å²) in [4.78, 5) is 12.8. The third-order valence-electron chi connectivity index (χ3n) is 4.93. The Bertz CT molecular complexity index is 498. The largest absolute Gasteiger partial charge is 0.456 e. The molecule has 3 heteroatoms. The Morgan fingerprint density at radius 1 is 0.852 bits per heavy atom. The number of unbranched alkanes of at least 4 members (excludes halogenated alkanes) is 5. The number of hydrogen-bond acceptors (Lipinski definition) is 3. The van der Waals surface area contributed by atoms with Crippen LogP contribution in [0.1, 0.15) is 100 Å². The highest BCUT2D eigenvalue weighted by atomic mass is 16.6. The molecule has 0 aromatic heterocycles.